The molecule has 0 bridgehead atoms. The molecule has 0 atom stereocenters. The highest BCUT2D eigenvalue weighted by Gasteiger charge is 2.21. The summed E-state index contributed by atoms with van der Waals surface area (Å²) in [6.07, 6.45) is 0. The Morgan fingerprint density at radius 3 is 1.52 bits per heavy atom. The van der Waals surface area contributed by atoms with Crippen molar-refractivity contribution in [1.29, 1.82) is 0 Å². The lowest BCUT2D eigenvalue weighted by molar-refractivity contribution is 0.590. The lowest BCUT2D eigenvalue weighted by Gasteiger charge is -2.19. The largest absolute Gasteiger partial charge is 0.309 e. The van der Waals surface area contributed by atoms with Crippen LogP contribution in [0.15, 0.2) is 91.0 Å². The van der Waals surface area contributed by atoms with Crippen molar-refractivity contribution >= 4 is 21.8 Å². The molecule has 0 fully saturated rings. The number of hydrogen-bond donors (Lipinski definition) is 0. The van der Waals surface area contributed by atoms with Gasteiger partial charge in [0.25, 0.3) is 0 Å². The second kappa shape index (κ2) is 7.63. The summed E-state index contributed by atoms with van der Waals surface area (Å²) in [6.45, 7) is 13.7. The van der Waals surface area contributed by atoms with Crippen molar-refractivity contribution in [3.05, 3.63) is 102 Å². The Morgan fingerprint density at radius 1 is 0.515 bits per heavy atom. The van der Waals surface area contributed by atoms with E-state index in [9.17, 15) is 0 Å². The van der Waals surface area contributed by atoms with Crippen LogP contribution in [0.25, 0.3) is 38.6 Å². The van der Waals surface area contributed by atoms with Gasteiger partial charge in [-0.05, 0) is 57.9 Å². The van der Waals surface area contributed by atoms with Crippen molar-refractivity contribution in [2.45, 2.75) is 52.4 Å². The van der Waals surface area contributed by atoms with E-state index in [4.69, 9.17) is 0 Å². The van der Waals surface area contributed by atoms with Crippen LogP contribution in [0.3, 0.4) is 0 Å². The van der Waals surface area contributed by atoms with Crippen molar-refractivity contribution in [3.8, 4) is 16.8 Å². The van der Waals surface area contributed by atoms with Crippen LogP contribution in [-0.4, -0.2) is 4.57 Å². The van der Waals surface area contributed by atoms with Gasteiger partial charge in [0.05, 0.1) is 16.7 Å². The predicted molar refractivity (Wildman–Crippen MR) is 144 cm³/mol. The van der Waals surface area contributed by atoms with Crippen molar-refractivity contribution < 1.29 is 0 Å². The Kier molecular flexibility index (Phi) is 4.97. The molecule has 0 unspecified atom stereocenters. The molecule has 0 N–H and O–H groups in total. The van der Waals surface area contributed by atoms with Crippen LogP contribution in [0.4, 0.5) is 0 Å². The lowest BCUT2D eigenvalue weighted by atomic mass is 9.85. The molecule has 1 heterocycles. The summed E-state index contributed by atoms with van der Waals surface area (Å²) in [4.78, 5) is 0. The summed E-state index contributed by atoms with van der Waals surface area (Å²) < 4.78 is 2.45. The normalized spacial score (nSPS) is 12.5. The highest BCUT2D eigenvalue weighted by molar-refractivity contribution is 6.10. The van der Waals surface area contributed by atoms with E-state index in [1.807, 2.05) is 0 Å². The molecule has 4 aromatic carbocycles. The van der Waals surface area contributed by atoms with Crippen LogP contribution in [0.2, 0.25) is 0 Å². The van der Waals surface area contributed by atoms with Crippen molar-refractivity contribution in [2.24, 2.45) is 0 Å². The standard InChI is InChI=1S/C32H33N/c1-31(2,3)23-16-18-29-26(20-23)27-21-24(32(4,5)6)17-19-30(27)33(29)28-15-11-10-14-25(28)22-12-8-7-9-13-22/h7-21H,1-6H3. The molecule has 0 radical (unpaired) electrons. The molecule has 0 saturated carbocycles. The Balaban J connectivity index is 1.89. The maximum atomic E-state index is 2.45. The number of para-hydroxylation sites is 1. The van der Waals surface area contributed by atoms with Gasteiger partial charge in [0.2, 0.25) is 0 Å². The van der Waals surface area contributed by atoms with Crippen LogP contribution in [-0.2, 0) is 10.8 Å². The molecular weight excluding hydrogens is 398 g/mol. The van der Waals surface area contributed by atoms with Crippen LogP contribution < -0.4 is 0 Å². The van der Waals surface area contributed by atoms with Crippen LogP contribution in [0, 0.1) is 0 Å². The van der Waals surface area contributed by atoms with Gasteiger partial charge in [0.15, 0.2) is 0 Å². The summed E-state index contributed by atoms with van der Waals surface area (Å²) in [6, 6.07) is 33.5. The molecule has 1 aromatic heterocycles. The predicted octanol–water partition coefficient (Wildman–Crippen LogP) is 9.05. The van der Waals surface area contributed by atoms with Gasteiger partial charge in [-0.1, -0.05) is 102 Å². The zero-order valence-electron chi connectivity index (χ0n) is 20.6. The van der Waals surface area contributed by atoms with E-state index in [2.05, 4.69) is 137 Å². The van der Waals surface area contributed by atoms with Gasteiger partial charge in [-0.2, -0.15) is 0 Å². The molecule has 1 nitrogen and oxygen atoms in total. The average molecular weight is 432 g/mol. The minimum Gasteiger partial charge on any atom is -0.309 e. The number of rotatable bonds is 2. The second-order valence-electron chi connectivity index (χ2n) is 11.2. The fourth-order valence-electron chi connectivity index (χ4n) is 4.75. The fourth-order valence-corrected chi connectivity index (χ4v) is 4.75. The molecule has 0 amide bonds. The molecular formula is C32H33N. The first-order chi connectivity index (χ1) is 15.6. The van der Waals surface area contributed by atoms with Crippen LogP contribution in [0.5, 0.6) is 0 Å². The van der Waals surface area contributed by atoms with E-state index in [-0.39, 0.29) is 10.8 Å². The topological polar surface area (TPSA) is 4.93 Å². The SMILES string of the molecule is CC(C)(C)c1ccc2c(c1)c1cc(C(C)(C)C)ccc1n2-c1ccccc1-c1ccccc1. The summed E-state index contributed by atoms with van der Waals surface area (Å²) in [7, 11) is 0. The molecule has 33 heavy (non-hydrogen) atoms. The van der Waals surface area contributed by atoms with E-state index in [1.165, 1.54) is 49.7 Å². The van der Waals surface area contributed by atoms with Crippen LogP contribution >= 0.6 is 0 Å². The van der Waals surface area contributed by atoms with Gasteiger partial charge in [-0.3, -0.25) is 0 Å². The first-order valence-corrected chi connectivity index (χ1v) is 11.9. The zero-order valence-corrected chi connectivity index (χ0v) is 20.6. The van der Waals surface area contributed by atoms with Gasteiger partial charge in [0.1, 0.15) is 0 Å². The molecule has 5 aromatic rings. The van der Waals surface area contributed by atoms with Gasteiger partial charge >= 0.3 is 0 Å². The summed E-state index contributed by atoms with van der Waals surface area (Å²) >= 11 is 0. The molecule has 0 spiro atoms. The number of benzene rings is 4. The summed E-state index contributed by atoms with van der Waals surface area (Å²) in [5.41, 5.74) is 9.16. The smallest absolute Gasteiger partial charge is 0.0541 e. The summed E-state index contributed by atoms with van der Waals surface area (Å²) in [5, 5.41) is 2.65. The Bertz CT molecular complexity index is 1380. The quantitative estimate of drug-likeness (QED) is 0.263. The Labute approximate surface area is 197 Å². The maximum absolute atomic E-state index is 2.45. The minimum atomic E-state index is 0.103. The number of hydrogen-bond acceptors (Lipinski definition) is 0. The third kappa shape index (κ3) is 3.76. The summed E-state index contributed by atoms with van der Waals surface area (Å²) in [5.74, 6) is 0. The first kappa shape index (κ1) is 21.5. The average Bonchev–Trinajstić information content (AvgIpc) is 3.11. The van der Waals surface area contributed by atoms with Gasteiger partial charge in [0, 0.05) is 16.3 Å². The highest BCUT2D eigenvalue weighted by atomic mass is 15.0. The Morgan fingerprint density at radius 2 is 1.00 bits per heavy atom. The molecule has 166 valence electrons. The molecule has 0 aliphatic rings. The molecule has 0 saturated heterocycles. The van der Waals surface area contributed by atoms with Crippen molar-refractivity contribution in [3.63, 3.8) is 0 Å². The van der Waals surface area contributed by atoms with Crippen LogP contribution in [0.1, 0.15) is 52.7 Å². The molecule has 5 rings (SSSR count). The van der Waals surface area contributed by atoms with Crippen molar-refractivity contribution in [1.82, 2.24) is 4.57 Å². The maximum Gasteiger partial charge on any atom is 0.0541 e. The van der Waals surface area contributed by atoms with E-state index < -0.39 is 0 Å². The second-order valence-corrected chi connectivity index (χ2v) is 11.2. The fraction of sp³-hybridized carbons (Fsp3) is 0.250. The van der Waals surface area contributed by atoms with E-state index in [1.54, 1.807) is 0 Å². The highest BCUT2D eigenvalue weighted by Crippen LogP contribution is 2.39. The minimum absolute atomic E-state index is 0.103. The van der Waals surface area contributed by atoms with Gasteiger partial charge in [-0.25, -0.2) is 0 Å². The van der Waals surface area contributed by atoms with Gasteiger partial charge < -0.3 is 4.57 Å². The van der Waals surface area contributed by atoms with E-state index in [0.717, 1.165) is 0 Å². The zero-order chi connectivity index (χ0) is 23.4. The molecule has 0 aliphatic carbocycles. The Hall–Kier alpha value is -3.32. The third-order valence-corrected chi connectivity index (χ3v) is 6.73. The van der Waals surface area contributed by atoms with Crippen molar-refractivity contribution in [2.75, 3.05) is 0 Å². The van der Waals surface area contributed by atoms with E-state index in [0.29, 0.717) is 0 Å². The monoisotopic (exact) mass is 431 g/mol. The third-order valence-electron chi connectivity index (χ3n) is 6.73. The first-order valence-electron chi connectivity index (χ1n) is 11.9. The molecule has 0 aliphatic heterocycles. The number of fused-ring (bicyclic) bond motifs is 3. The lowest BCUT2D eigenvalue weighted by Crippen LogP contribution is -2.10. The number of aromatic nitrogens is 1. The molecule has 1 heteroatoms. The van der Waals surface area contributed by atoms with E-state index >= 15 is 0 Å². The number of nitrogens with zero attached hydrogens (tertiary/aromatic N) is 1. The van der Waals surface area contributed by atoms with Gasteiger partial charge in [-0.15, -0.1) is 0 Å².